The van der Waals surface area contributed by atoms with Gasteiger partial charge in [0.1, 0.15) is 5.75 Å². The van der Waals surface area contributed by atoms with Crippen LogP contribution in [0.15, 0.2) is 24.3 Å². The van der Waals surface area contributed by atoms with Gasteiger partial charge < -0.3 is 14.5 Å². The predicted molar refractivity (Wildman–Crippen MR) is 93.8 cm³/mol. The number of benzene rings is 1. The molecule has 0 unspecified atom stereocenters. The fourth-order valence-corrected chi connectivity index (χ4v) is 2.82. The number of hydrogen-bond acceptors (Lipinski definition) is 3. The summed E-state index contributed by atoms with van der Waals surface area (Å²) >= 11 is 0. The Labute approximate surface area is 136 Å². The highest BCUT2D eigenvalue weighted by Gasteiger charge is 2.12. The standard InChI is InChI=1S/C19H32N2O/c1-17(2)18-7-9-19(10-8-18)22-16-6-4-5-11-21-14-12-20(3)13-15-21/h7-10,17H,4-6,11-16H2,1-3H3. The largest absolute Gasteiger partial charge is 0.494 e. The van der Waals surface area contributed by atoms with Crippen molar-refractivity contribution < 1.29 is 4.74 Å². The minimum absolute atomic E-state index is 0.587. The number of piperazine rings is 1. The van der Waals surface area contributed by atoms with Crippen LogP contribution in [0.2, 0.25) is 0 Å². The van der Waals surface area contributed by atoms with Crippen LogP contribution < -0.4 is 4.74 Å². The first-order chi connectivity index (χ1) is 10.6. The van der Waals surface area contributed by atoms with Gasteiger partial charge in [0.05, 0.1) is 6.61 Å². The normalized spacial score (nSPS) is 17.1. The maximum atomic E-state index is 5.83. The summed E-state index contributed by atoms with van der Waals surface area (Å²) in [5, 5.41) is 0. The molecule has 0 bridgehead atoms. The lowest BCUT2D eigenvalue weighted by Gasteiger charge is -2.32. The minimum atomic E-state index is 0.587. The molecule has 0 spiro atoms. The molecule has 0 atom stereocenters. The van der Waals surface area contributed by atoms with Crippen molar-refractivity contribution in [1.29, 1.82) is 0 Å². The summed E-state index contributed by atoms with van der Waals surface area (Å²) in [7, 11) is 2.21. The third-order valence-corrected chi connectivity index (χ3v) is 4.53. The monoisotopic (exact) mass is 304 g/mol. The molecule has 0 amide bonds. The topological polar surface area (TPSA) is 15.7 Å². The smallest absolute Gasteiger partial charge is 0.119 e. The molecule has 1 heterocycles. The molecule has 0 saturated carbocycles. The summed E-state index contributed by atoms with van der Waals surface area (Å²) in [4.78, 5) is 5.00. The average Bonchev–Trinajstić information content (AvgIpc) is 2.53. The molecule has 1 aliphatic heterocycles. The lowest BCUT2D eigenvalue weighted by atomic mass is 10.0. The molecule has 22 heavy (non-hydrogen) atoms. The molecule has 124 valence electrons. The van der Waals surface area contributed by atoms with Gasteiger partial charge in [-0.1, -0.05) is 26.0 Å². The second-order valence-corrected chi connectivity index (χ2v) is 6.78. The van der Waals surface area contributed by atoms with Crippen molar-refractivity contribution in [3.63, 3.8) is 0 Å². The Balaban J connectivity index is 1.52. The van der Waals surface area contributed by atoms with Crippen molar-refractivity contribution in [2.45, 2.75) is 39.0 Å². The van der Waals surface area contributed by atoms with E-state index in [9.17, 15) is 0 Å². The van der Waals surface area contributed by atoms with Crippen LogP contribution in [0.5, 0.6) is 5.75 Å². The minimum Gasteiger partial charge on any atom is -0.494 e. The number of hydrogen-bond donors (Lipinski definition) is 0. The molecule has 1 saturated heterocycles. The van der Waals surface area contributed by atoms with Crippen LogP contribution in [-0.2, 0) is 0 Å². The van der Waals surface area contributed by atoms with Crippen molar-refractivity contribution in [2.75, 3.05) is 46.4 Å². The Hall–Kier alpha value is -1.06. The highest BCUT2D eigenvalue weighted by atomic mass is 16.5. The molecule has 0 radical (unpaired) electrons. The molecule has 2 rings (SSSR count). The van der Waals surface area contributed by atoms with Crippen LogP contribution >= 0.6 is 0 Å². The van der Waals surface area contributed by atoms with Gasteiger partial charge in [0.15, 0.2) is 0 Å². The van der Waals surface area contributed by atoms with Crippen molar-refractivity contribution in [1.82, 2.24) is 9.80 Å². The second kappa shape index (κ2) is 9.16. The third kappa shape index (κ3) is 5.98. The van der Waals surface area contributed by atoms with Gasteiger partial charge in [0, 0.05) is 26.2 Å². The van der Waals surface area contributed by atoms with E-state index in [1.807, 2.05) is 0 Å². The first-order valence-corrected chi connectivity index (χ1v) is 8.79. The molecule has 1 aromatic carbocycles. The van der Waals surface area contributed by atoms with Crippen LogP contribution in [0.25, 0.3) is 0 Å². The zero-order valence-electron chi connectivity index (χ0n) is 14.6. The zero-order chi connectivity index (χ0) is 15.8. The molecule has 1 aromatic rings. The first kappa shape index (κ1) is 17.3. The van der Waals surface area contributed by atoms with E-state index >= 15 is 0 Å². The lowest BCUT2D eigenvalue weighted by molar-refractivity contribution is 0.151. The number of likely N-dealkylation sites (N-methyl/N-ethyl adjacent to an activating group) is 1. The van der Waals surface area contributed by atoms with Crippen molar-refractivity contribution >= 4 is 0 Å². The van der Waals surface area contributed by atoms with E-state index in [2.05, 4.69) is 55.0 Å². The SMILES string of the molecule is CC(C)c1ccc(OCCCCCN2CCN(C)CC2)cc1. The van der Waals surface area contributed by atoms with Crippen LogP contribution in [0.3, 0.4) is 0 Å². The van der Waals surface area contributed by atoms with Crippen LogP contribution in [-0.4, -0.2) is 56.2 Å². The fourth-order valence-electron chi connectivity index (χ4n) is 2.82. The number of ether oxygens (including phenoxy) is 1. The molecule has 0 aliphatic carbocycles. The number of rotatable bonds is 8. The van der Waals surface area contributed by atoms with Crippen LogP contribution in [0.4, 0.5) is 0 Å². The van der Waals surface area contributed by atoms with Crippen LogP contribution in [0, 0.1) is 0 Å². The van der Waals surface area contributed by atoms with Gasteiger partial charge in [-0.2, -0.15) is 0 Å². The van der Waals surface area contributed by atoms with E-state index in [1.165, 1.54) is 51.1 Å². The third-order valence-electron chi connectivity index (χ3n) is 4.53. The maximum absolute atomic E-state index is 5.83. The molecular formula is C19H32N2O. The summed E-state index contributed by atoms with van der Waals surface area (Å²) in [6, 6.07) is 8.54. The Bertz CT molecular complexity index is 408. The van der Waals surface area contributed by atoms with Gasteiger partial charge in [-0.15, -0.1) is 0 Å². The van der Waals surface area contributed by atoms with Crippen molar-refractivity contribution in [3.05, 3.63) is 29.8 Å². The van der Waals surface area contributed by atoms with E-state index < -0.39 is 0 Å². The number of nitrogens with zero attached hydrogens (tertiary/aromatic N) is 2. The summed E-state index contributed by atoms with van der Waals surface area (Å²) in [5.74, 6) is 1.59. The first-order valence-electron chi connectivity index (χ1n) is 8.79. The molecule has 0 aromatic heterocycles. The van der Waals surface area contributed by atoms with Crippen molar-refractivity contribution in [3.8, 4) is 5.75 Å². The quantitative estimate of drug-likeness (QED) is 0.682. The molecule has 0 N–H and O–H groups in total. The second-order valence-electron chi connectivity index (χ2n) is 6.78. The molecule has 3 nitrogen and oxygen atoms in total. The Kier molecular flexibility index (Phi) is 7.20. The van der Waals surface area contributed by atoms with Gasteiger partial charge in [0.25, 0.3) is 0 Å². The molecule has 1 aliphatic rings. The van der Waals surface area contributed by atoms with Crippen LogP contribution in [0.1, 0.15) is 44.6 Å². The van der Waals surface area contributed by atoms with Gasteiger partial charge in [0.2, 0.25) is 0 Å². The summed E-state index contributed by atoms with van der Waals surface area (Å²) in [5.41, 5.74) is 1.37. The van der Waals surface area contributed by atoms with E-state index in [1.54, 1.807) is 0 Å². The molecular weight excluding hydrogens is 272 g/mol. The van der Waals surface area contributed by atoms with E-state index in [0.29, 0.717) is 5.92 Å². The predicted octanol–water partition coefficient (Wildman–Crippen LogP) is 3.61. The van der Waals surface area contributed by atoms with Gasteiger partial charge in [-0.05, 0) is 56.5 Å². The summed E-state index contributed by atoms with van der Waals surface area (Å²) in [6.45, 7) is 11.4. The van der Waals surface area contributed by atoms with E-state index in [-0.39, 0.29) is 0 Å². The average molecular weight is 304 g/mol. The highest BCUT2D eigenvalue weighted by molar-refractivity contribution is 5.28. The van der Waals surface area contributed by atoms with Crippen molar-refractivity contribution in [2.24, 2.45) is 0 Å². The fraction of sp³-hybridized carbons (Fsp3) is 0.684. The maximum Gasteiger partial charge on any atom is 0.119 e. The van der Waals surface area contributed by atoms with Gasteiger partial charge in [-0.3, -0.25) is 0 Å². The lowest BCUT2D eigenvalue weighted by Crippen LogP contribution is -2.44. The van der Waals surface area contributed by atoms with Gasteiger partial charge in [-0.25, -0.2) is 0 Å². The summed E-state index contributed by atoms with van der Waals surface area (Å²) in [6.07, 6.45) is 3.70. The summed E-state index contributed by atoms with van der Waals surface area (Å²) < 4.78 is 5.83. The highest BCUT2D eigenvalue weighted by Crippen LogP contribution is 2.18. The van der Waals surface area contributed by atoms with Gasteiger partial charge >= 0.3 is 0 Å². The van der Waals surface area contributed by atoms with E-state index in [0.717, 1.165) is 18.8 Å². The zero-order valence-corrected chi connectivity index (χ0v) is 14.6. The Morgan fingerprint density at radius 2 is 1.64 bits per heavy atom. The molecule has 3 heteroatoms. The van der Waals surface area contributed by atoms with E-state index in [4.69, 9.17) is 4.74 Å². The molecule has 1 fully saturated rings. The Morgan fingerprint density at radius 1 is 0.955 bits per heavy atom. The Morgan fingerprint density at radius 3 is 2.27 bits per heavy atom. The number of unbranched alkanes of at least 4 members (excludes halogenated alkanes) is 2.